The average Bonchev–Trinajstić information content (AvgIpc) is 2.01. The van der Waals surface area contributed by atoms with Gasteiger partial charge in [-0.25, -0.2) is 0 Å². The van der Waals surface area contributed by atoms with E-state index in [0.29, 0.717) is 11.8 Å². The van der Waals surface area contributed by atoms with E-state index in [4.69, 9.17) is 4.74 Å². The minimum absolute atomic E-state index is 0.0925. The number of ether oxygens (including phenoxy) is 1. The molecule has 84 valence electrons. The van der Waals surface area contributed by atoms with Gasteiger partial charge in [0.25, 0.3) is 0 Å². The summed E-state index contributed by atoms with van der Waals surface area (Å²) >= 11 is 0. The van der Waals surface area contributed by atoms with Gasteiger partial charge in [-0.1, -0.05) is 27.7 Å². The van der Waals surface area contributed by atoms with Crippen LogP contribution >= 0.6 is 0 Å². The van der Waals surface area contributed by atoms with Gasteiger partial charge in [0.15, 0.2) is 0 Å². The molecule has 0 radical (unpaired) electrons. The van der Waals surface area contributed by atoms with Crippen LogP contribution in [0.25, 0.3) is 0 Å². The Morgan fingerprint density at radius 3 is 1.86 bits per heavy atom. The van der Waals surface area contributed by atoms with E-state index in [0.717, 1.165) is 13.1 Å². The van der Waals surface area contributed by atoms with Gasteiger partial charge in [0.05, 0.1) is 0 Å². The molecule has 0 aliphatic rings. The molecule has 3 heteroatoms. The van der Waals surface area contributed by atoms with Crippen molar-refractivity contribution in [1.82, 2.24) is 4.90 Å². The van der Waals surface area contributed by atoms with Crippen LogP contribution in [0.5, 0.6) is 0 Å². The van der Waals surface area contributed by atoms with Crippen LogP contribution in [0.1, 0.15) is 27.7 Å². The fourth-order valence-electron chi connectivity index (χ4n) is 1.37. The van der Waals surface area contributed by atoms with Crippen LogP contribution in [0, 0.1) is 11.8 Å². The lowest BCUT2D eigenvalue weighted by Gasteiger charge is -2.26. The summed E-state index contributed by atoms with van der Waals surface area (Å²) in [5.74, 6) is 1.11. The Morgan fingerprint density at radius 1 is 1.14 bits per heavy atom. The standard InChI is InChI=1S/C11H23NO2/c1-9(2)6-12(7-10(3)4)11(13)8-14-5/h9-10H,6-8H2,1-5H3. The van der Waals surface area contributed by atoms with Crippen molar-refractivity contribution in [3.8, 4) is 0 Å². The maximum atomic E-state index is 11.6. The van der Waals surface area contributed by atoms with E-state index < -0.39 is 0 Å². The Labute approximate surface area is 87.4 Å². The van der Waals surface area contributed by atoms with Gasteiger partial charge >= 0.3 is 0 Å². The monoisotopic (exact) mass is 201 g/mol. The topological polar surface area (TPSA) is 29.5 Å². The first kappa shape index (κ1) is 13.4. The highest BCUT2D eigenvalue weighted by Gasteiger charge is 2.15. The van der Waals surface area contributed by atoms with Crippen LogP contribution < -0.4 is 0 Å². The van der Waals surface area contributed by atoms with Crippen LogP contribution in [0.3, 0.4) is 0 Å². The highest BCUT2D eigenvalue weighted by Crippen LogP contribution is 2.04. The fraction of sp³-hybridized carbons (Fsp3) is 0.909. The third-order valence-electron chi connectivity index (χ3n) is 1.79. The lowest BCUT2D eigenvalue weighted by molar-refractivity contribution is -0.136. The van der Waals surface area contributed by atoms with Gasteiger partial charge in [-0.15, -0.1) is 0 Å². The van der Waals surface area contributed by atoms with Gasteiger partial charge in [-0.2, -0.15) is 0 Å². The Balaban J connectivity index is 4.15. The average molecular weight is 201 g/mol. The summed E-state index contributed by atoms with van der Waals surface area (Å²) in [5, 5.41) is 0. The minimum atomic E-state index is 0.0925. The number of amides is 1. The summed E-state index contributed by atoms with van der Waals surface area (Å²) in [7, 11) is 1.56. The number of hydrogen-bond donors (Lipinski definition) is 0. The molecule has 0 aromatic heterocycles. The molecule has 0 unspecified atom stereocenters. The molecule has 14 heavy (non-hydrogen) atoms. The number of carbonyl (C=O) groups is 1. The fourth-order valence-corrected chi connectivity index (χ4v) is 1.37. The molecule has 0 saturated heterocycles. The van der Waals surface area contributed by atoms with Crippen molar-refractivity contribution in [1.29, 1.82) is 0 Å². The molecule has 3 nitrogen and oxygen atoms in total. The Bertz CT molecular complexity index is 157. The van der Waals surface area contributed by atoms with Crippen molar-refractivity contribution in [3.63, 3.8) is 0 Å². The molecule has 0 atom stereocenters. The summed E-state index contributed by atoms with van der Waals surface area (Å²) in [4.78, 5) is 13.5. The molecule has 0 aliphatic carbocycles. The first-order valence-corrected chi connectivity index (χ1v) is 5.24. The molecule has 0 heterocycles. The predicted octanol–water partition coefficient (Wildman–Crippen LogP) is 1.77. The largest absolute Gasteiger partial charge is 0.375 e. The first-order valence-electron chi connectivity index (χ1n) is 5.24. The highest BCUT2D eigenvalue weighted by molar-refractivity contribution is 5.77. The second kappa shape index (κ2) is 6.82. The molecule has 0 rings (SSSR count). The van der Waals surface area contributed by atoms with Crippen LogP contribution in [0.4, 0.5) is 0 Å². The normalized spacial score (nSPS) is 11.1. The molecule has 0 bridgehead atoms. The van der Waals surface area contributed by atoms with Gasteiger partial charge < -0.3 is 9.64 Å². The van der Waals surface area contributed by atoms with E-state index in [2.05, 4.69) is 27.7 Å². The highest BCUT2D eigenvalue weighted by atomic mass is 16.5. The number of hydrogen-bond acceptors (Lipinski definition) is 2. The zero-order valence-corrected chi connectivity index (χ0v) is 10.0. The van der Waals surface area contributed by atoms with Gasteiger partial charge in [-0.3, -0.25) is 4.79 Å². The van der Waals surface area contributed by atoms with Crippen molar-refractivity contribution in [2.24, 2.45) is 11.8 Å². The molecular formula is C11H23NO2. The van der Waals surface area contributed by atoms with Crippen LogP contribution in [-0.2, 0) is 9.53 Å². The summed E-state index contributed by atoms with van der Waals surface area (Å²) in [5.41, 5.74) is 0. The Hall–Kier alpha value is -0.570. The number of carbonyl (C=O) groups excluding carboxylic acids is 1. The molecule has 0 fully saturated rings. The summed E-state index contributed by atoms with van der Waals surface area (Å²) < 4.78 is 4.86. The maximum Gasteiger partial charge on any atom is 0.248 e. The lowest BCUT2D eigenvalue weighted by atomic mass is 10.1. The molecule has 0 aromatic rings. The van der Waals surface area contributed by atoms with E-state index in [1.54, 1.807) is 7.11 Å². The van der Waals surface area contributed by atoms with E-state index in [1.807, 2.05) is 4.90 Å². The number of nitrogens with zero attached hydrogens (tertiary/aromatic N) is 1. The van der Waals surface area contributed by atoms with Gasteiger partial charge in [0, 0.05) is 20.2 Å². The molecule has 0 aliphatic heterocycles. The SMILES string of the molecule is COCC(=O)N(CC(C)C)CC(C)C. The molecular weight excluding hydrogens is 178 g/mol. The van der Waals surface area contributed by atoms with Crippen LogP contribution in [0.15, 0.2) is 0 Å². The zero-order valence-electron chi connectivity index (χ0n) is 10.0. The maximum absolute atomic E-state index is 11.6. The Morgan fingerprint density at radius 2 is 1.57 bits per heavy atom. The summed E-state index contributed by atoms with van der Waals surface area (Å²) in [6, 6.07) is 0. The third-order valence-corrected chi connectivity index (χ3v) is 1.79. The smallest absolute Gasteiger partial charge is 0.248 e. The van der Waals surface area contributed by atoms with Gasteiger partial charge in [0.2, 0.25) is 5.91 Å². The van der Waals surface area contributed by atoms with Crippen LogP contribution in [0.2, 0.25) is 0 Å². The molecule has 0 saturated carbocycles. The first-order chi connectivity index (χ1) is 6.47. The zero-order chi connectivity index (χ0) is 11.1. The van der Waals surface area contributed by atoms with Crippen molar-refractivity contribution in [2.45, 2.75) is 27.7 Å². The Kier molecular flexibility index (Phi) is 6.54. The van der Waals surface area contributed by atoms with Crippen molar-refractivity contribution in [2.75, 3.05) is 26.8 Å². The predicted molar refractivity (Wildman–Crippen MR) is 58.1 cm³/mol. The second-order valence-electron chi connectivity index (χ2n) is 4.52. The van der Waals surface area contributed by atoms with Crippen molar-refractivity contribution >= 4 is 5.91 Å². The van der Waals surface area contributed by atoms with E-state index >= 15 is 0 Å². The summed E-state index contributed by atoms with van der Waals surface area (Å²) in [6.07, 6.45) is 0. The van der Waals surface area contributed by atoms with Gasteiger partial charge in [0.1, 0.15) is 6.61 Å². The molecule has 0 aromatic carbocycles. The lowest BCUT2D eigenvalue weighted by Crippen LogP contribution is -2.39. The van der Waals surface area contributed by atoms with Crippen LogP contribution in [-0.4, -0.2) is 37.6 Å². The van der Waals surface area contributed by atoms with Crippen molar-refractivity contribution < 1.29 is 9.53 Å². The summed E-state index contributed by atoms with van der Waals surface area (Å²) in [6.45, 7) is 10.3. The van der Waals surface area contributed by atoms with E-state index in [1.165, 1.54) is 0 Å². The molecule has 0 spiro atoms. The molecule has 0 N–H and O–H groups in total. The third kappa shape index (κ3) is 5.97. The minimum Gasteiger partial charge on any atom is -0.375 e. The van der Waals surface area contributed by atoms with Gasteiger partial charge in [-0.05, 0) is 11.8 Å². The number of methoxy groups -OCH3 is 1. The van der Waals surface area contributed by atoms with Crippen molar-refractivity contribution in [3.05, 3.63) is 0 Å². The number of rotatable bonds is 6. The van der Waals surface area contributed by atoms with E-state index in [-0.39, 0.29) is 12.5 Å². The molecule has 1 amide bonds. The quantitative estimate of drug-likeness (QED) is 0.655. The van der Waals surface area contributed by atoms with E-state index in [9.17, 15) is 4.79 Å². The second-order valence-corrected chi connectivity index (χ2v) is 4.52.